The molecule has 1 amide bonds. The average molecular weight is 337 g/mol. The van der Waals surface area contributed by atoms with Crippen LogP contribution in [0, 0.1) is 5.82 Å². The van der Waals surface area contributed by atoms with Gasteiger partial charge in [-0.2, -0.15) is 0 Å². The number of hydrogen-bond donors (Lipinski definition) is 1. The number of benzene rings is 3. The van der Waals surface area contributed by atoms with Crippen LogP contribution in [0.15, 0.2) is 66.7 Å². The molecule has 0 saturated carbocycles. The van der Waals surface area contributed by atoms with E-state index in [4.69, 9.17) is 4.74 Å². The summed E-state index contributed by atoms with van der Waals surface area (Å²) >= 11 is 1.67. The van der Waals surface area contributed by atoms with Gasteiger partial charge in [-0.3, -0.25) is 5.32 Å². The van der Waals surface area contributed by atoms with E-state index in [1.807, 2.05) is 30.3 Å². The van der Waals surface area contributed by atoms with Crippen LogP contribution < -0.4 is 10.1 Å². The molecule has 0 radical (unpaired) electrons. The molecular formula is C19H12FNO2S. The number of nitrogens with one attached hydrogen (secondary N) is 1. The van der Waals surface area contributed by atoms with Crippen molar-refractivity contribution in [1.29, 1.82) is 0 Å². The Hall–Kier alpha value is -2.92. The molecule has 0 aliphatic rings. The van der Waals surface area contributed by atoms with E-state index in [9.17, 15) is 9.18 Å². The second kappa shape index (κ2) is 5.94. The van der Waals surface area contributed by atoms with Gasteiger partial charge in [-0.15, -0.1) is 11.3 Å². The van der Waals surface area contributed by atoms with Crippen LogP contribution in [-0.4, -0.2) is 6.09 Å². The minimum absolute atomic E-state index is 0.289. The molecule has 118 valence electrons. The predicted molar refractivity (Wildman–Crippen MR) is 95.4 cm³/mol. The van der Waals surface area contributed by atoms with E-state index in [0.717, 1.165) is 10.1 Å². The fourth-order valence-electron chi connectivity index (χ4n) is 2.56. The maximum atomic E-state index is 12.9. The summed E-state index contributed by atoms with van der Waals surface area (Å²) in [6, 6.07) is 19.2. The molecule has 0 saturated heterocycles. The first-order chi connectivity index (χ1) is 11.7. The van der Waals surface area contributed by atoms with Crippen molar-refractivity contribution in [3.63, 3.8) is 0 Å². The monoisotopic (exact) mass is 337 g/mol. The minimum atomic E-state index is -0.609. The third kappa shape index (κ3) is 2.81. The average Bonchev–Trinajstić information content (AvgIpc) is 2.94. The van der Waals surface area contributed by atoms with Crippen molar-refractivity contribution >= 4 is 43.3 Å². The lowest BCUT2D eigenvalue weighted by Crippen LogP contribution is -2.16. The van der Waals surface area contributed by atoms with Crippen LogP contribution in [0.25, 0.3) is 20.2 Å². The van der Waals surface area contributed by atoms with E-state index in [1.54, 1.807) is 11.3 Å². The first kappa shape index (κ1) is 14.7. The van der Waals surface area contributed by atoms with Gasteiger partial charge in [-0.05, 0) is 42.5 Å². The number of halogens is 1. The number of anilines is 1. The Kier molecular flexibility index (Phi) is 3.63. The highest BCUT2D eigenvalue weighted by molar-refractivity contribution is 7.25. The number of fused-ring (bicyclic) bond motifs is 3. The molecule has 24 heavy (non-hydrogen) atoms. The minimum Gasteiger partial charge on any atom is -0.410 e. The number of carbonyl (C=O) groups excluding carboxylic acids is 1. The molecule has 1 N–H and O–H groups in total. The zero-order valence-corrected chi connectivity index (χ0v) is 13.3. The molecule has 3 aromatic carbocycles. The molecule has 0 atom stereocenters. The standard InChI is InChI=1S/C19H12FNO2S/c20-12-5-8-14(9-6-12)23-19(22)21-13-7-10-16-15-3-1-2-4-17(15)24-18(16)11-13/h1-11H,(H,21,22). The second-order valence-electron chi connectivity index (χ2n) is 5.28. The fourth-order valence-corrected chi connectivity index (χ4v) is 3.70. The lowest BCUT2D eigenvalue weighted by atomic mass is 10.1. The number of hydrogen-bond acceptors (Lipinski definition) is 3. The number of rotatable bonds is 2. The van der Waals surface area contributed by atoms with Gasteiger partial charge in [0.15, 0.2) is 0 Å². The highest BCUT2D eigenvalue weighted by Crippen LogP contribution is 2.35. The summed E-state index contributed by atoms with van der Waals surface area (Å²) in [5, 5.41) is 5.06. The Morgan fingerprint density at radius 3 is 2.50 bits per heavy atom. The summed E-state index contributed by atoms with van der Waals surface area (Å²) in [6.45, 7) is 0. The third-order valence-corrected chi connectivity index (χ3v) is 4.78. The lowest BCUT2D eigenvalue weighted by Gasteiger charge is -2.06. The zero-order valence-electron chi connectivity index (χ0n) is 12.5. The van der Waals surface area contributed by atoms with Crippen molar-refractivity contribution in [2.24, 2.45) is 0 Å². The first-order valence-corrected chi connectivity index (χ1v) is 8.16. The first-order valence-electron chi connectivity index (χ1n) is 7.35. The molecule has 4 aromatic rings. The number of carbonyl (C=O) groups is 1. The lowest BCUT2D eigenvalue weighted by molar-refractivity contribution is 0.215. The molecule has 5 heteroatoms. The van der Waals surface area contributed by atoms with Crippen molar-refractivity contribution in [3.8, 4) is 5.75 Å². The van der Waals surface area contributed by atoms with Crippen LogP contribution in [-0.2, 0) is 0 Å². The quantitative estimate of drug-likeness (QED) is 0.502. The van der Waals surface area contributed by atoms with Gasteiger partial charge in [0.2, 0.25) is 0 Å². The third-order valence-electron chi connectivity index (χ3n) is 3.65. The topological polar surface area (TPSA) is 38.3 Å². The normalized spacial score (nSPS) is 10.9. The van der Waals surface area contributed by atoms with Crippen LogP contribution in [0.3, 0.4) is 0 Å². The zero-order chi connectivity index (χ0) is 16.5. The highest BCUT2D eigenvalue weighted by atomic mass is 32.1. The van der Waals surface area contributed by atoms with Gasteiger partial charge in [0.1, 0.15) is 11.6 Å². The van der Waals surface area contributed by atoms with E-state index in [-0.39, 0.29) is 11.6 Å². The molecule has 0 aliphatic carbocycles. The van der Waals surface area contributed by atoms with Gasteiger partial charge in [-0.1, -0.05) is 24.3 Å². The van der Waals surface area contributed by atoms with Gasteiger partial charge < -0.3 is 4.74 Å². The second-order valence-corrected chi connectivity index (χ2v) is 6.36. The summed E-state index contributed by atoms with van der Waals surface area (Å²) in [4.78, 5) is 12.0. The van der Waals surface area contributed by atoms with E-state index >= 15 is 0 Å². The molecular weight excluding hydrogens is 325 g/mol. The summed E-state index contributed by atoms with van der Waals surface area (Å²) in [7, 11) is 0. The molecule has 0 fully saturated rings. The Bertz CT molecular complexity index is 1040. The molecule has 0 bridgehead atoms. The Balaban J connectivity index is 1.56. The maximum absolute atomic E-state index is 12.9. The fraction of sp³-hybridized carbons (Fsp3) is 0. The molecule has 0 unspecified atom stereocenters. The van der Waals surface area contributed by atoms with Crippen molar-refractivity contribution in [3.05, 3.63) is 72.5 Å². The van der Waals surface area contributed by atoms with Crippen molar-refractivity contribution in [2.75, 3.05) is 5.32 Å². The van der Waals surface area contributed by atoms with Gasteiger partial charge >= 0.3 is 6.09 Å². The van der Waals surface area contributed by atoms with E-state index in [1.165, 1.54) is 34.4 Å². The number of amides is 1. The van der Waals surface area contributed by atoms with E-state index in [2.05, 4.69) is 17.4 Å². The van der Waals surface area contributed by atoms with Crippen LogP contribution >= 0.6 is 11.3 Å². The van der Waals surface area contributed by atoms with Crippen LogP contribution in [0.2, 0.25) is 0 Å². The Morgan fingerprint density at radius 1 is 0.917 bits per heavy atom. The SMILES string of the molecule is O=C(Nc1ccc2c(c1)sc1ccccc12)Oc1ccc(F)cc1. The summed E-state index contributed by atoms with van der Waals surface area (Å²) in [5.41, 5.74) is 0.654. The molecule has 0 aliphatic heterocycles. The van der Waals surface area contributed by atoms with E-state index < -0.39 is 6.09 Å². The van der Waals surface area contributed by atoms with Crippen LogP contribution in [0.4, 0.5) is 14.9 Å². The molecule has 3 nitrogen and oxygen atoms in total. The smallest absolute Gasteiger partial charge is 0.410 e. The molecule has 1 heterocycles. The van der Waals surface area contributed by atoms with Gasteiger partial charge in [0, 0.05) is 25.9 Å². The largest absolute Gasteiger partial charge is 0.417 e. The van der Waals surface area contributed by atoms with Crippen molar-refractivity contribution in [2.45, 2.75) is 0 Å². The predicted octanol–water partition coefficient (Wildman–Crippen LogP) is 5.80. The van der Waals surface area contributed by atoms with Crippen LogP contribution in [0.5, 0.6) is 5.75 Å². The Morgan fingerprint density at radius 2 is 1.67 bits per heavy atom. The maximum Gasteiger partial charge on any atom is 0.417 e. The molecule has 4 rings (SSSR count). The highest BCUT2D eigenvalue weighted by Gasteiger charge is 2.08. The van der Waals surface area contributed by atoms with Gasteiger partial charge in [0.05, 0.1) is 0 Å². The molecule has 0 spiro atoms. The van der Waals surface area contributed by atoms with E-state index in [0.29, 0.717) is 5.69 Å². The van der Waals surface area contributed by atoms with Crippen molar-refractivity contribution < 1.29 is 13.9 Å². The summed E-state index contributed by atoms with van der Waals surface area (Å²) in [5.74, 6) is -0.0881. The summed E-state index contributed by atoms with van der Waals surface area (Å²) in [6.07, 6.45) is -0.609. The Labute approximate surface area is 141 Å². The van der Waals surface area contributed by atoms with Gasteiger partial charge in [0.25, 0.3) is 0 Å². The molecule has 1 aromatic heterocycles. The number of thiophene rings is 1. The van der Waals surface area contributed by atoms with Gasteiger partial charge in [-0.25, -0.2) is 9.18 Å². The van der Waals surface area contributed by atoms with Crippen molar-refractivity contribution in [1.82, 2.24) is 0 Å². The summed E-state index contributed by atoms with van der Waals surface area (Å²) < 4.78 is 20.3. The number of ether oxygens (including phenoxy) is 1. The van der Waals surface area contributed by atoms with Crippen LogP contribution in [0.1, 0.15) is 0 Å².